The molecule has 0 saturated carbocycles. The molecule has 2 aromatic heterocycles. The van der Waals surface area contributed by atoms with Gasteiger partial charge in [-0.25, -0.2) is 18.4 Å². The second-order valence-corrected chi connectivity index (χ2v) is 11.6. The standard InChI is InChI=1S/C29H37N7O5S/c1-8-35(9-2)22-15-13-21(14-16-22)28-32-33-29(36(28)25-23(39-5)11-10-12-24(25)40-6)34-42(37,38)20(4)26(41-7)27-30-17-19(3)18-31-27/h10-18,20,26H,8-9H2,1-7H3,(H,33,34)/t20-,26-/m0/s1. The smallest absolute Gasteiger partial charge is 0.243 e. The zero-order valence-electron chi connectivity index (χ0n) is 24.9. The minimum atomic E-state index is -4.11. The second kappa shape index (κ2) is 13.2. The molecule has 0 saturated heterocycles. The van der Waals surface area contributed by atoms with Crippen LogP contribution in [0.25, 0.3) is 17.1 Å². The van der Waals surface area contributed by atoms with E-state index in [0.29, 0.717) is 28.6 Å². The van der Waals surface area contributed by atoms with Crippen molar-refractivity contribution < 1.29 is 22.6 Å². The van der Waals surface area contributed by atoms with E-state index in [1.165, 1.54) is 28.3 Å². The SMILES string of the molecule is CCN(CC)c1ccc(-c2nnc(NS(=O)(=O)[C@@H](C)[C@H](OC)c3ncc(C)cn3)n2-c2c(OC)cccc2OC)cc1. The van der Waals surface area contributed by atoms with Crippen LogP contribution in [0.15, 0.2) is 54.9 Å². The highest BCUT2D eigenvalue weighted by molar-refractivity contribution is 7.93. The van der Waals surface area contributed by atoms with Crippen molar-refractivity contribution in [2.24, 2.45) is 0 Å². The molecule has 13 heteroatoms. The summed E-state index contributed by atoms with van der Waals surface area (Å²) in [6.45, 7) is 9.30. The van der Waals surface area contributed by atoms with E-state index >= 15 is 0 Å². The minimum Gasteiger partial charge on any atom is -0.494 e. The predicted molar refractivity (Wildman–Crippen MR) is 162 cm³/mol. The Balaban J connectivity index is 1.83. The Morgan fingerprint density at radius 2 is 1.52 bits per heavy atom. The molecule has 4 aromatic rings. The molecule has 0 amide bonds. The molecule has 0 bridgehead atoms. The summed E-state index contributed by atoms with van der Waals surface area (Å²) in [6, 6.07) is 13.1. The molecule has 0 aliphatic carbocycles. The molecule has 4 rings (SSSR count). The van der Waals surface area contributed by atoms with Crippen molar-refractivity contribution in [2.75, 3.05) is 44.0 Å². The molecule has 0 aliphatic heterocycles. The van der Waals surface area contributed by atoms with Crippen molar-refractivity contribution in [1.82, 2.24) is 24.7 Å². The molecule has 1 N–H and O–H groups in total. The average Bonchev–Trinajstić information content (AvgIpc) is 3.40. The van der Waals surface area contributed by atoms with Crippen LogP contribution in [0.2, 0.25) is 0 Å². The summed E-state index contributed by atoms with van der Waals surface area (Å²) in [6.07, 6.45) is 2.29. The Labute approximate surface area is 246 Å². The van der Waals surface area contributed by atoms with E-state index in [2.05, 4.69) is 43.6 Å². The van der Waals surface area contributed by atoms with Crippen LogP contribution in [-0.4, -0.2) is 72.8 Å². The lowest BCUT2D eigenvalue weighted by Gasteiger charge is -2.23. The number of nitrogens with zero attached hydrogens (tertiary/aromatic N) is 6. The largest absolute Gasteiger partial charge is 0.494 e. The van der Waals surface area contributed by atoms with Crippen LogP contribution in [-0.2, 0) is 14.8 Å². The number of nitrogens with one attached hydrogen (secondary N) is 1. The van der Waals surface area contributed by atoms with Crippen LogP contribution in [0.1, 0.15) is 38.3 Å². The molecule has 2 heterocycles. The number of benzene rings is 2. The van der Waals surface area contributed by atoms with E-state index in [1.54, 1.807) is 35.2 Å². The van der Waals surface area contributed by atoms with Crippen molar-refractivity contribution >= 4 is 21.7 Å². The van der Waals surface area contributed by atoms with Crippen LogP contribution >= 0.6 is 0 Å². The van der Waals surface area contributed by atoms with Crippen LogP contribution in [0.3, 0.4) is 0 Å². The molecule has 224 valence electrons. The summed E-state index contributed by atoms with van der Waals surface area (Å²) in [5.74, 6) is 1.47. The van der Waals surface area contributed by atoms with Crippen LogP contribution in [0, 0.1) is 6.92 Å². The maximum Gasteiger partial charge on any atom is 0.243 e. The number of methoxy groups -OCH3 is 3. The molecule has 2 atom stereocenters. The normalized spacial score (nSPS) is 12.9. The zero-order valence-corrected chi connectivity index (χ0v) is 25.7. The van der Waals surface area contributed by atoms with Gasteiger partial charge in [0.1, 0.15) is 28.5 Å². The number of anilines is 2. The van der Waals surface area contributed by atoms with Gasteiger partial charge >= 0.3 is 0 Å². The van der Waals surface area contributed by atoms with E-state index in [9.17, 15) is 8.42 Å². The van der Waals surface area contributed by atoms with Gasteiger partial charge in [-0.05, 0) is 69.7 Å². The second-order valence-electron chi connectivity index (χ2n) is 9.54. The maximum absolute atomic E-state index is 13.8. The van der Waals surface area contributed by atoms with E-state index < -0.39 is 21.4 Å². The number of rotatable bonds is 13. The first-order valence-electron chi connectivity index (χ1n) is 13.5. The Morgan fingerprint density at radius 1 is 0.929 bits per heavy atom. The molecule has 2 aromatic carbocycles. The van der Waals surface area contributed by atoms with Crippen molar-refractivity contribution in [3.8, 4) is 28.6 Å². The van der Waals surface area contributed by atoms with Crippen LogP contribution in [0.5, 0.6) is 11.5 Å². The Hall–Kier alpha value is -4.23. The van der Waals surface area contributed by atoms with Gasteiger partial charge in [0.05, 0.1) is 14.2 Å². The number of para-hydroxylation sites is 1. The van der Waals surface area contributed by atoms with E-state index in [0.717, 1.165) is 24.3 Å². The first-order valence-corrected chi connectivity index (χ1v) is 15.1. The highest BCUT2D eigenvalue weighted by atomic mass is 32.2. The first-order chi connectivity index (χ1) is 20.2. The summed E-state index contributed by atoms with van der Waals surface area (Å²) in [7, 11) is 0.357. The average molecular weight is 596 g/mol. The fourth-order valence-electron chi connectivity index (χ4n) is 4.65. The van der Waals surface area contributed by atoms with Crippen molar-refractivity contribution in [1.29, 1.82) is 0 Å². The van der Waals surface area contributed by atoms with Gasteiger partial charge in [0.2, 0.25) is 16.0 Å². The van der Waals surface area contributed by atoms with Gasteiger partial charge in [0.25, 0.3) is 0 Å². The summed E-state index contributed by atoms with van der Waals surface area (Å²) < 4.78 is 48.6. The van der Waals surface area contributed by atoms with E-state index in [1.807, 2.05) is 31.2 Å². The van der Waals surface area contributed by atoms with Crippen molar-refractivity contribution in [2.45, 2.75) is 39.0 Å². The van der Waals surface area contributed by atoms with E-state index in [4.69, 9.17) is 14.2 Å². The third kappa shape index (κ3) is 6.16. The topological polar surface area (TPSA) is 134 Å². The number of aromatic nitrogens is 5. The minimum absolute atomic E-state index is 0.0489. The number of hydrogen-bond donors (Lipinski definition) is 1. The Bertz CT molecular complexity index is 1570. The van der Waals surface area contributed by atoms with Gasteiger partial charge in [-0.15, -0.1) is 10.2 Å². The monoisotopic (exact) mass is 595 g/mol. The lowest BCUT2D eigenvalue weighted by Crippen LogP contribution is -2.33. The third-order valence-corrected chi connectivity index (χ3v) is 8.69. The molecule has 0 unspecified atom stereocenters. The molecule has 42 heavy (non-hydrogen) atoms. The highest BCUT2D eigenvalue weighted by Gasteiger charge is 2.35. The molecular formula is C29H37N7O5S. The molecule has 12 nitrogen and oxygen atoms in total. The quantitative estimate of drug-likeness (QED) is 0.237. The molecule has 0 aliphatic rings. The lowest BCUT2D eigenvalue weighted by atomic mass is 10.1. The maximum atomic E-state index is 13.8. The fourth-order valence-corrected chi connectivity index (χ4v) is 5.78. The number of hydrogen-bond acceptors (Lipinski definition) is 10. The highest BCUT2D eigenvalue weighted by Crippen LogP contribution is 2.38. The Kier molecular flexibility index (Phi) is 9.63. The lowest BCUT2D eigenvalue weighted by molar-refractivity contribution is 0.0949. The first kappa shape index (κ1) is 30.7. The number of sulfonamides is 1. The molecule has 0 radical (unpaired) electrons. The van der Waals surface area contributed by atoms with Gasteiger partial charge in [0.15, 0.2) is 11.6 Å². The molecular weight excluding hydrogens is 558 g/mol. The Morgan fingerprint density at radius 3 is 2.05 bits per heavy atom. The third-order valence-electron chi connectivity index (χ3n) is 7.00. The summed E-state index contributed by atoms with van der Waals surface area (Å²) in [4.78, 5) is 10.8. The van der Waals surface area contributed by atoms with Crippen molar-refractivity contribution in [3.63, 3.8) is 0 Å². The van der Waals surface area contributed by atoms with Gasteiger partial charge < -0.3 is 19.1 Å². The fraction of sp³-hybridized carbons (Fsp3) is 0.379. The van der Waals surface area contributed by atoms with Gasteiger partial charge in [-0.3, -0.25) is 9.29 Å². The van der Waals surface area contributed by atoms with E-state index in [-0.39, 0.29) is 11.8 Å². The summed E-state index contributed by atoms with van der Waals surface area (Å²) in [5.41, 5.74) is 3.06. The van der Waals surface area contributed by atoms with Gasteiger partial charge in [-0.1, -0.05) is 6.07 Å². The molecule has 0 fully saturated rings. The van der Waals surface area contributed by atoms with Gasteiger partial charge in [-0.2, -0.15) is 0 Å². The number of aryl methyl sites for hydroxylation is 1. The van der Waals surface area contributed by atoms with Gasteiger partial charge in [0, 0.05) is 43.8 Å². The zero-order chi connectivity index (χ0) is 30.4. The van der Waals surface area contributed by atoms with Crippen LogP contribution in [0.4, 0.5) is 11.6 Å². The van der Waals surface area contributed by atoms with Crippen molar-refractivity contribution in [3.05, 3.63) is 66.2 Å². The predicted octanol–water partition coefficient (Wildman–Crippen LogP) is 4.41. The summed E-state index contributed by atoms with van der Waals surface area (Å²) in [5, 5.41) is 7.59. The number of ether oxygens (including phenoxy) is 3. The molecule has 0 spiro atoms. The van der Waals surface area contributed by atoms with Crippen LogP contribution < -0.4 is 19.1 Å². The summed E-state index contributed by atoms with van der Waals surface area (Å²) >= 11 is 0.